The van der Waals surface area contributed by atoms with Gasteiger partial charge in [0.2, 0.25) is 0 Å². The lowest BCUT2D eigenvalue weighted by Gasteiger charge is -2.34. The van der Waals surface area contributed by atoms with Crippen molar-refractivity contribution >= 4 is 17.1 Å². The first-order chi connectivity index (χ1) is 15.0. The van der Waals surface area contributed by atoms with Gasteiger partial charge in [0, 0.05) is 23.5 Å². The first kappa shape index (κ1) is 21.6. The normalized spacial score (nSPS) is 21.1. The highest BCUT2D eigenvalue weighted by Gasteiger charge is 2.26. The number of ether oxygens (including phenoxy) is 2. The van der Waals surface area contributed by atoms with Gasteiger partial charge in [0.1, 0.15) is 0 Å². The molecule has 0 aromatic heterocycles. The second kappa shape index (κ2) is 9.67. The topological polar surface area (TPSA) is 21.7 Å². The summed E-state index contributed by atoms with van der Waals surface area (Å²) < 4.78 is 12.1. The Morgan fingerprint density at radius 2 is 1.23 bits per heavy atom. The molecule has 3 aromatic carbocycles. The first-order valence-corrected chi connectivity index (χ1v) is 11.3. The van der Waals surface area contributed by atoms with E-state index in [4.69, 9.17) is 9.47 Å². The molecule has 3 aromatic rings. The molecule has 0 spiro atoms. The predicted molar refractivity (Wildman–Crippen MR) is 128 cm³/mol. The van der Waals surface area contributed by atoms with Crippen LogP contribution in [0.15, 0.2) is 72.8 Å². The Balaban J connectivity index is 1.57. The molecule has 0 aliphatic carbocycles. The summed E-state index contributed by atoms with van der Waals surface area (Å²) in [5.41, 5.74) is 7.19. The third-order valence-electron chi connectivity index (χ3n) is 5.96. The average Bonchev–Trinajstić information content (AvgIpc) is 2.77. The summed E-state index contributed by atoms with van der Waals surface area (Å²) in [6.07, 6.45) is 3.17. The maximum atomic E-state index is 6.12. The van der Waals surface area contributed by atoms with Crippen LogP contribution in [0.1, 0.15) is 43.4 Å². The number of nitrogens with zero attached hydrogens (tertiary/aromatic N) is 1. The van der Waals surface area contributed by atoms with Crippen LogP contribution in [0.5, 0.6) is 0 Å². The average molecular weight is 416 g/mol. The summed E-state index contributed by atoms with van der Waals surface area (Å²) >= 11 is 0. The molecule has 0 saturated carbocycles. The van der Waals surface area contributed by atoms with Crippen LogP contribution in [0.25, 0.3) is 0 Å². The van der Waals surface area contributed by atoms with E-state index in [-0.39, 0.29) is 12.4 Å². The molecule has 0 amide bonds. The molecule has 162 valence electrons. The number of anilines is 3. The lowest BCUT2D eigenvalue weighted by atomic mass is 10.1. The first-order valence-electron chi connectivity index (χ1n) is 11.3. The van der Waals surface area contributed by atoms with Crippen molar-refractivity contribution in [2.45, 2.75) is 65.5 Å². The van der Waals surface area contributed by atoms with E-state index >= 15 is 0 Å². The molecule has 0 N–H and O–H groups in total. The molecular weight excluding hydrogens is 382 g/mol. The molecule has 3 unspecified atom stereocenters. The zero-order chi connectivity index (χ0) is 21.8. The summed E-state index contributed by atoms with van der Waals surface area (Å²) in [4.78, 5) is 2.30. The minimum atomic E-state index is -0.162. The molecule has 1 heterocycles. The minimum absolute atomic E-state index is 0.162. The van der Waals surface area contributed by atoms with Crippen LogP contribution in [-0.4, -0.2) is 18.5 Å². The van der Waals surface area contributed by atoms with Gasteiger partial charge in [0.25, 0.3) is 0 Å². The van der Waals surface area contributed by atoms with E-state index < -0.39 is 0 Å². The molecule has 3 heteroatoms. The lowest BCUT2D eigenvalue weighted by Crippen LogP contribution is -2.37. The van der Waals surface area contributed by atoms with Crippen molar-refractivity contribution in [1.29, 1.82) is 0 Å². The highest BCUT2D eigenvalue weighted by molar-refractivity contribution is 5.76. The number of hydrogen-bond donors (Lipinski definition) is 0. The zero-order valence-electron chi connectivity index (χ0n) is 19.0. The second-order valence-corrected chi connectivity index (χ2v) is 8.66. The van der Waals surface area contributed by atoms with Crippen molar-refractivity contribution < 1.29 is 9.47 Å². The van der Waals surface area contributed by atoms with Gasteiger partial charge in [-0.05, 0) is 75.6 Å². The molecule has 0 radical (unpaired) electrons. The third-order valence-corrected chi connectivity index (χ3v) is 5.96. The molecule has 3 atom stereocenters. The lowest BCUT2D eigenvalue weighted by molar-refractivity contribution is -0.237. The molecule has 1 fully saturated rings. The highest BCUT2D eigenvalue weighted by atomic mass is 16.7. The van der Waals surface area contributed by atoms with Crippen molar-refractivity contribution in [3.63, 3.8) is 0 Å². The van der Waals surface area contributed by atoms with Gasteiger partial charge in [-0.15, -0.1) is 0 Å². The Bertz CT molecular complexity index is 918. The highest BCUT2D eigenvalue weighted by Crippen LogP contribution is 2.35. The van der Waals surface area contributed by atoms with Gasteiger partial charge in [-0.3, -0.25) is 0 Å². The van der Waals surface area contributed by atoms with E-state index in [1.807, 2.05) is 0 Å². The van der Waals surface area contributed by atoms with Crippen LogP contribution in [-0.2, 0) is 15.9 Å². The molecular formula is C28H33NO2. The summed E-state index contributed by atoms with van der Waals surface area (Å²) in [5.74, 6) is 0. The Morgan fingerprint density at radius 3 is 1.71 bits per heavy atom. The van der Waals surface area contributed by atoms with E-state index in [2.05, 4.69) is 105 Å². The molecule has 3 nitrogen and oxygen atoms in total. The number of aryl methyl sites for hydroxylation is 2. The van der Waals surface area contributed by atoms with Crippen molar-refractivity contribution in [2.24, 2.45) is 0 Å². The maximum absolute atomic E-state index is 6.12. The molecule has 4 rings (SSSR count). The van der Waals surface area contributed by atoms with Gasteiger partial charge < -0.3 is 14.4 Å². The fraction of sp³-hybridized carbons (Fsp3) is 0.357. The zero-order valence-corrected chi connectivity index (χ0v) is 19.0. The van der Waals surface area contributed by atoms with E-state index in [9.17, 15) is 0 Å². The molecule has 31 heavy (non-hydrogen) atoms. The summed E-state index contributed by atoms with van der Waals surface area (Å²) in [6, 6.07) is 26.1. The Hall–Kier alpha value is -2.62. The van der Waals surface area contributed by atoms with E-state index in [0.717, 1.165) is 36.3 Å². The van der Waals surface area contributed by atoms with E-state index in [1.54, 1.807) is 0 Å². The third kappa shape index (κ3) is 5.36. The van der Waals surface area contributed by atoms with Crippen LogP contribution in [0.4, 0.5) is 17.1 Å². The fourth-order valence-corrected chi connectivity index (χ4v) is 4.15. The standard InChI is InChI=1S/C28H33NO2/c1-5-27-18-22(4)30-28(31-27)19-23-10-16-26(17-11-23)29(24-12-6-20(2)7-13-24)25-14-8-21(3)9-15-25/h6-17,22,27-28H,5,18-19H2,1-4H3. The van der Waals surface area contributed by atoms with Gasteiger partial charge in [-0.2, -0.15) is 0 Å². The summed E-state index contributed by atoms with van der Waals surface area (Å²) in [6.45, 7) is 8.56. The number of rotatable bonds is 6. The largest absolute Gasteiger partial charge is 0.349 e. The molecule has 1 aliphatic rings. The van der Waals surface area contributed by atoms with Crippen LogP contribution >= 0.6 is 0 Å². The van der Waals surface area contributed by atoms with Gasteiger partial charge in [0.15, 0.2) is 6.29 Å². The Labute approximate surface area is 186 Å². The van der Waals surface area contributed by atoms with Gasteiger partial charge in [0.05, 0.1) is 12.2 Å². The SMILES string of the molecule is CCC1CC(C)OC(Cc2ccc(N(c3ccc(C)cc3)c3ccc(C)cc3)cc2)O1. The quantitative estimate of drug-likeness (QED) is 0.423. The summed E-state index contributed by atoms with van der Waals surface area (Å²) in [7, 11) is 0. The Kier molecular flexibility index (Phi) is 6.74. The second-order valence-electron chi connectivity index (χ2n) is 8.66. The fourth-order valence-electron chi connectivity index (χ4n) is 4.15. The van der Waals surface area contributed by atoms with Crippen LogP contribution < -0.4 is 4.90 Å². The monoisotopic (exact) mass is 415 g/mol. The molecule has 0 bridgehead atoms. The van der Waals surface area contributed by atoms with Gasteiger partial charge in [-0.1, -0.05) is 54.4 Å². The van der Waals surface area contributed by atoms with Crippen molar-refractivity contribution in [2.75, 3.05) is 4.90 Å². The van der Waals surface area contributed by atoms with Crippen LogP contribution in [0.2, 0.25) is 0 Å². The van der Waals surface area contributed by atoms with Gasteiger partial charge in [-0.25, -0.2) is 0 Å². The van der Waals surface area contributed by atoms with Gasteiger partial charge >= 0.3 is 0 Å². The van der Waals surface area contributed by atoms with Crippen LogP contribution in [0, 0.1) is 13.8 Å². The Morgan fingerprint density at radius 1 is 0.742 bits per heavy atom. The van der Waals surface area contributed by atoms with Crippen molar-refractivity contribution in [3.05, 3.63) is 89.5 Å². The molecule has 1 aliphatic heterocycles. The minimum Gasteiger partial charge on any atom is -0.349 e. The van der Waals surface area contributed by atoms with E-state index in [0.29, 0.717) is 6.10 Å². The predicted octanol–water partition coefficient (Wildman–Crippen LogP) is 7.25. The van der Waals surface area contributed by atoms with E-state index in [1.165, 1.54) is 16.7 Å². The number of benzene rings is 3. The smallest absolute Gasteiger partial charge is 0.162 e. The van der Waals surface area contributed by atoms with Crippen molar-refractivity contribution in [1.82, 2.24) is 0 Å². The molecule has 1 saturated heterocycles. The maximum Gasteiger partial charge on any atom is 0.162 e. The number of hydrogen-bond acceptors (Lipinski definition) is 3. The van der Waals surface area contributed by atoms with Crippen molar-refractivity contribution in [3.8, 4) is 0 Å². The van der Waals surface area contributed by atoms with Crippen LogP contribution in [0.3, 0.4) is 0 Å². The summed E-state index contributed by atoms with van der Waals surface area (Å²) in [5, 5.41) is 0.